The molecule has 5 nitrogen and oxygen atoms in total. The minimum absolute atomic E-state index is 0.196. The quantitative estimate of drug-likeness (QED) is 0.604. The zero-order valence-corrected chi connectivity index (χ0v) is 16.0. The van der Waals surface area contributed by atoms with E-state index < -0.39 is 6.04 Å². The molecule has 2 aromatic carbocycles. The fraction of sp³-hybridized carbons (Fsp3) is 0.238. The fourth-order valence-corrected chi connectivity index (χ4v) is 3.54. The van der Waals surface area contributed by atoms with Crippen LogP contribution in [0.15, 0.2) is 60.8 Å². The van der Waals surface area contributed by atoms with Crippen molar-refractivity contribution in [1.29, 1.82) is 0 Å². The number of hydrogen-bond acceptors (Lipinski definition) is 5. The second-order valence-electron chi connectivity index (χ2n) is 6.17. The third kappa shape index (κ3) is 5.15. The van der Waals surface area contributed by atoms with Crippen LogP contribution in [0.2, 0.25) is 0 Å². The highest BCUT2D eigenvalue weighted by atomic mass is 32.1. The number of hydrogen-bond donors (Lipinski definition) is 2. The SMILES string of the molecule is CCC[C@H](N)C(=O)Nc1ncc(-c2ccccc2COc2ccccc2)s1. The number of nitrogens with one attached hydrogen (secondary N) is 1. The van der Waals surface area contributed by atoms with E-state index >= 15 is 0 Å². The molecular weight excluding hydrogens is 358 g/mol. The highest BCUT2D eigenvalue weighted by Crippen LogP contribution is 2.32. The van der Waals surface area contributed by atoms with Crippen molar-refractivity contribution in [3.63, 3.8) is 0 Å². The van der Waals surface area contributed by atoms with Gasteiger partial charge in [-0.1, -0.05) is 67.1 Å². The molecule has 0 aliphatic heterocycles. The van der Waals surface area contributed by atoms with Crippen LogP contribution in [0.25, 0.3) is 10.4 Å². The molecule has 3 rings (SSSR count). The Morgan fingerprint density at radius 1 is 1.19 bits per heavy atom. The first-order chi connectivity index (χ1) is 13.2. The van der Waals surface area contributed by atoms with Crippen LogP contribution < -0.4 is 15.8 Å². The molecule has 140 valence electrons. The Balaban J connectivity index is 1.72. The summed E-state index contributed by atoms with van der Waals surface area (Å²) in [7, 11) is 0. The van der Waals surface area contributed by atoms with E-state index in [0.29, 0.717) is 18.2 Å². The van der Waals surface area contributed by atoms with Gasteiger partial charge in [-0.25, -0.2) is 4.98 Å². The molecule has 0 unspecified atom stereocenters. The zero-order valence-electron chi connectivity index (χ0n) is 15.2. The van der Waals surface area contributed by atoms with Crippen LogP contribution in [0.5, 0.6) is 5.75 Å². The highest BCUT2D eigenvalue weighted by Gasteiger charge is 2.15. The topological polar surface area (TPSA) is 77.2 Å². The molecule has 1 amide bonds. The average molecular weight is 382 g/mol. The van der Waals surface area contributed by atoms with Crippen LogP contribution in [0.1, 0.15) is 25.3 Å². The van der Waals surface area contributed by atoms with Gasteiger partial charge in [0.1, 0.15) is 12.4 Å². The lowest BCUT2D eigenvalue weighted by Gasteiger charge is -2.10. The van der Waals surface area contributed by atoms with Crippen molar-refractivity contribution in [2.24, 2.45) is 5.73 Å². The lowest BCUT2D eigenvalue weighted by molar-refractivity contribution is -0.117. The van der Waals surface area contributed by atoms with Crippen LogP contribution in [0.3, 0.4) is 0 Å². The predicted molar refractivity (Wildman–Crippen MR) is 110 cm³/mol. The smallest absolute Gasteiger partial charge is 0.243 e. The Morgan fingerprint density at radius 3 is 2.70 bits per heavy atom. The third-order valence-corrected chi connectivity index (χ3v) is 5.04. The molecule has 27 heavy (non-hydrogen) atoms. The molecule has 3 N–H and O–H groups in total. The molecule has 0 radical (unpaired) electrons. The van der Waals surface area contributed by atoms with E-state index in [-0.39, 0.29) is 5.91 Å². The van der Waals surface area contributed by atoms with Gasteiger partial charge in [0, 0.05) is 6.20 Å². The number of nitrogens with zero attached hydrogens (tertiary/aromatic N) is 1. The number of thiazole rings is 1. The summed E-state index contributed by atoms with van der Waals surface area (Å²) < 4.78 is 5.88. The van der Waals surface area contributed by atoms with Crippen LogP contribution in [0, 0.1) is 0 Å². The van der Waals surface area contributed by atoms with Gasteiger partial charge in [-0.15, -0.1) is 0 Å². The van der Waals surface area contributed by atoms with Crippen LogP contribution in [-0.4, -0.2) is 16.9 Å². The fourth-order valence-electron chi connectivity index (χ4n) is 2.66. The molecule has 0 spiro atoms. The summed E-state index contributed by atoms with van der Waals surface area (Å²) in [6.07, 6.45) is 3.29. The first-order valence-corrected chi connectivity index (χ1v) is 9.77. The predicted octanol–water partition coefficient (Wildman–Crippen LogP) is 4.46. The van der Waals surface area contributed by atoms with E-state index in [1.54, 1.807) is 6.20 Å². The molecule has 0 saturated heterocycles. The van der Waals surface area contributed by atoms with Crippen molar-refractivity contribution in [1.82, 2.24) is 4.98 Å². The molecule has 1 heterocycles. The Labute approximate surface area is 163 Å². The summed E-state index contributed by atoms with van der Waals surface area (Å²) in [6.45, 7) is 2.46. The van der Waals surface area contributed by atoms with Gasteiger partial charge >= 0.3 is 0 Å². The summed E-state index contributed by atoms with van der Waals surface area (Å²) in [4.78, 5) is 17.4. The van der Waals surface area contributed by atoms with Crippen LogP contribution in [-0.2, 0) is 11.4 Å². The van der Waals surface area contributed by atoms with Crippen molar-refractivity contribution in [3.05, 3.63) is 66.4 Å². The van der Waals surface area contributed by atoms with Gasteiger partial charge in [0.15, 0.2) is 5.13 Å². The van der Waals surface area contributed by atoms with Crippen molar-refractivity contribution in [2.75, 3.05) is 5.32 Å². The first-order valence-electron chi connectivity index (χ1n) is 8.95. The summed E-state index contributed by atoms with van der Waals surface area (Å²) in [5.41, 5.74) is 7.97. The maximum absolute atomic E-state index is 12.1. The van der Waals surface area contributed by atoms with E-state index in [9.17, 15) is 4.79 Å². The minimum Gasteiger partial charge on any atom is -0.489 e. The number of rotatable bonds is 8. The van der Waals surface area contributed by atoms with Crippen molar-refractivity contribution in [2.45, 2.75) is 32.4 Å². The molecule has 0 fully saturated rings. The molecular formula is C21H23N3O2S. The molecule has 0 saturated carbocycles. The van der Waals surface area contributed by atoms with E-state index in [4.69, 9.17) is 10.5 Å². The number of aromatic nitrogens is 1. The minimum atomic E-state index is -0.506. The van der Waals surface area contributed by atoms with Gasteiger partial charge < -0.3 is 15.8 Å². The standard InChI is InChI=1S/C21H23N3O2S/c1-2-8-18(22)20(25)24-21-23-13-19(27-21)17-12-7-6-9-15(17)14-26-16-10-4-3-5-11-16/h3-7,9-13,18H,2,8,14,22H2,1H3,(H,23,24,25)/t18-/m0/s1. The average Bonchev–Trinajstić information content (AvgIpc) is 3.16. The van der Waals surface area contributed by atoms with E-state index in [0.717, 1.165) is 28.2 Å². The summed E-state index contributed by atoms with van der Waals surface area (Å²) in [6, 6.07) is 17.3. The number of ether oxygens (including phenoxy) is 1. The molecule has 0 aliphatic rings. The maximum Gasteiger partial charge on any atom is 0.243 e. The lowest BCUT2D eigenvalue weighted by atomic mass is 10.1. The Kier molecular flexibility index (Phi) is 6.57. The molecule has 1 aromatic heterocycles. The van der Waals surface area contributed by atoms with Gasteiger partial charge in [0.2, 0.25) is 5.91 Å². The summed E-state index contributed by atoms with van der Waals surface area (Å²) in [5.74, 6) is 0.632. The van der Waals surface area contributed by atoms with E-state index in [2.05, 4.69) is 10.3 Å². The lowest BCUT2D eigenvalue weighted by Crippen LogP contribution is -2.35. The van der Waals surface area contributed by atoms with Crippen LogP contribution in [0.4, 0.5) is 5.13 Å². The van der Waals surface area contributed by atoms with Gasteiger partial charge in [-0.2, -0.15) is 0 Å². The molecule has 0 aliphatic carbocycles. The largest absolute Gasteiger partial charge is 0.489 e. The van der Waals surface area contributed by atoms with Gasteiger partial charge in [0.05, 0.1) is 10.9 Å². The number of para-hydroxylation sites is 1. The second-order valence-corrected chi connectivity index (χ2v) is 7.20. The van der Waals surface area contributed by atoms with Gasteiger partial charge in [-0.05, 0) is 29.7 Å². The summed E-state index contributed by atoms with van der Waals surface area (Å²) in [5, 5.41) is 3.36. The van der Waals surface area contributed by atoms with E-state index in [1.807, 2.05) is 61.5 Å². The third-order valence-electron chi connectivity index (χ3n) is 4.09. The highest BCUT2D eigenvalue weighted by molar-refractivity contribution is 7.19. The zero-order chi connectivity index (χ0) is 19.1. The Morgan fingerprint density at radius 2 is 1.93 bits per heavy atom. The second kappa shape index (κ2) is 9.30. The Hall–Kier alpha value is -2.70. The van der Waals surface area contributed by atoms with Gasteiger partial charge in [0.25, 0.3) is 0 Å². The number of carbonyl (C=O) groups excluding carboxylic acids is 1. The number of anilines is 1. The molecule has 1 atom stereocenters. The van der Waals surface area contributed by atoms with E-state index in [1.165, 1.54) is 11.3 Å². The van der Waals surface area contributed by atoms with Crippen molar-refractivity contribution < 1.29 is 9.53 Å². The maximum atomic E-state index is 12.1. The molecule has 6 heteroatoms. The molecule has 3 aromatic rings. The summed E-state index contributed by atoms with van der Waals surface area (Å²) >= 11 is 1.43. The number of amides is 1. The molecule has 0 bridgehead atoms. The number of carbonyl (C=O) groups is 1. The number of nitrogens with two attached hydrogens (primary N) is 1. The van der Waals surface area contributed by atoms with Crippen molar-refractivity contribution >= 4 is 22.4 Å². The monoisotopic (exact) mass is 381 g/mol. The number of benzene rings is 2. The first kappa shape index (κ1) is 19.1. The van der Waals surface area contributed by atoms with Gasteiger partial charge in [-0.3, -0.25) is 4.79 Å². The van der Waals surface area contributed by atoms with Crippen molar-refractivity contribution in [3.8, 4) is 16.2 Å². The van der Waals surface area contributed by atoms with Crippen LogP contribution >= 0.6 is 11.3 Å². The Bertz CT molecular complexity index is 880. The normalized spacial score (nSPS) is 11.8.